The van der Waals surface area contributed by atoms with Crippen LogP contribution in [0.15, 0.2) is 30.9 Å². The molecule has 3 rings (SSSR count). The number of carbonyl (C=O) groups excluding carboxylic acids is 1. The molecule has 1 N–H and O–H groups in total. The van der Waals surface area contributed by atoms with Crippen LogP contribution in [0.2, 0.25) is 0 Å². The maximum Gasteiger partial charge on any atom is 0.256 e. The van der Waals surface area contributed by atoms with Crippen molar-refractivity contribution in [1.82, 2.24) is 19.4 Å². The summed E-state index contributed by atoms with van der Waals surface area (Å²) in [5.41, 5.74) is 1.45. The molecule has 104 valence electrons. The predicted octanol–water partition coefficient (Wildman–Crippen LogP) is 1.37. The minimum absolute atomic E-state index is 0.0256. The van der Waals surface area contributed by atoms with Crippen molar-refractivity contribution in [3.63, 3.8) is 0 Å². The fourth-order valence-corrected chi connectivity index (χ4v) is 2.43. The van der Waals surface area contributed by atoms with E-state index >= 15 is 0 Å². The Balaban J connectivity index is 1.83. The summed E-state index contributed by atoms with van der Waals surface area (Å²) in [6.45, 7) is 4.81. The van der Waals surface area contributed by atoms with Crippen LogP contribution >= 0.6 is 0 Å². The van der Waals surface area contributed by atoms with Crippen LogP contribution in [0.5, 0.6) is 0 Å². The standard InChI is InChI=1S/C14H17N5O/c1-2-16-12-9-15-4-3-11(12)14(20)19-8-7-18-6-5-17-13(18)10-19/h3-6,9,16H,2,7-8,10H2,1H3. The van der Waals surface area contributed by atoms with Crippen molar-refractivity contribution in [2.45, 2.75) is 20.0 Å². The minimum Gasteiger partial charge on any atom is -0.383 e. The van der Waals surface area contributed by atoms with E-state index < -0.39 is 0 Å². The number of imidazole rings is 1. The van der Waals surface area contributed by atoms with E-state index in [0.717, 1.165) is 24.6 Å². The molecule has 0 saturated carbocycles. The first-order valence-electron chi connectivity index (χ1n) is 6.76. The molecule has 2 aromatic heterocycles. The number of amides is 1. The Morgan fingerprint density at radius 3 is 3.15 bits per heavy atom. The Labute approximate surface area is 117 Å². The van der Waals surface area contributed by atoms with Gasteiger partial charge in [-0.25, -0.2) is 4.98 Å². The molecule has 2 aromatic rings. The zero-order valence-corrected chi connectivity index (χ0v) is 11.4. The van der Waals surface area contributed by atoms with Gasteiger partial charge in [-0.05, 0) is 13.0 Å². The minimum atomic E-state index is 0.0256. The highest BCUT2D eigenvalue weighted by Gasteiger charge is 2.23. The Kier molecular flexibility index (Phi) is 3.37. The van der Waals surface area contributed by atoms with E-state index in [9.17, 15) is 4.79 Å². The first-order chi connectivity index (χ1) is 9.79. The van der Waals surface area contributed by atoms with E-state index in [0.29, 0.717) is 18.7 Å². The van der Waals surface area contributed by atoms with Crippen molar-refractivity contribution in [2.24, 2.45) is 0 Å². The molecule has 6 heteroatoms. The van der Waals surface area contributed by atoms with Gasteiger partial charge in [0.15, 0.2) is 0 Å². The highest BCUT2D eigenvalue weighted by Crippen LogP contribution is 2.19. The second-order valence-electron chi connectivity index (χ2n) is 4.72. The lowest BCUT2D eigenvalue weighted by Gasteiger charge is -2.28. The third-order valence-electron chi connectivity index (χ3n) is 3.45. The van der Waals surface area contributed by atoms with Crippen LogP contribution in [0.4, 0.5) is 5.69 Å². The molecule has 1 aliphatic heterocycles. The molecule has 20 heavy (non-hydrogen) atoms. The molecule has 6 nitrogen and oxygen atoms in total. The number of rotatable bonds is 3. The van der Waals surface area contributed by atoms with Gasteiger partial charge in [-0.1, -0.05) is 0 Å². The van der Waals surface area contributed by atoms with E-state index in [1.807, 2.05) is 18.0 Å². The van der Waals surface area contributed by atoms with Crippen molar-refractivity contribution in [3.05, 3.63) is 42.2 Å². The van der Waals surface area contributed by atoms with Crippen molar-refractivity contribution in [1.29, 1.82) is 0 Å². The first kappa shape index (κ1) is 12.7. The fourth-order valence-electron chi connectivity index (χ4n) is 2.43. The number of nitrogens with one attached hydrogen (secondary N) is 1. The number of hydrogen-bond donors (Lipinski definition) is 1. The van der Waals surface area contributed by atoms with Gasteiger partial charge in [-0.3, -0.25) is 9.78 Å². The Bertz CT molecular complexity index is 622. The molecule has 0 atom stereocenters. The number of aromatic nitrogens is 3. The SMILES string of the molecule is CCNc1cnccc1C(=O)N1CCn2ccnc2C1. The number of fused-ring (bicyclic) bond motifs is 1. The maximum absolute atomic E-state index is 12.6. The third kappa shape index (κ3) is 2.24. The molecule has 3 heterocycles. The Morgan fingerprint density at radius 2 is 2.30 bits per heavy atom. The van der Waals surface area contributed by atoms with Gasteiger partial charge < -0.3 is 14.8 Å². The van der Waals surface area contributed by atoms with E-state index in [-0.39, 0.29) is 5.91 Å². The summed E-state index contributed by atoms with van der Waals surface area (Å²) >= 11 is 0. The highest BCUT2D eigenvalue weighted by atomic mass is 16.2. The van der Waals surface area contributed by atoms with E-state index in [4.69, 9.17) is 0 Å². The lowest BCUT2D eigenvalue weighted by atomic mass is 10.2. The van der Waals surface area contributed by atoms with Gasteiger partial charge in [0.1, 0.15) is 5.82 Å². The Morgan fingerprint density at radius 1 is 1.40 bits per heavy atom. The topological polar surface area (TPSA) is 63.1 Å². The summed E-state index contributed by atoms with van der Waals surface area (Å²) < 4.78 is 2.08. The van der Waals surface area contributed by atoms with Gasteiger partial charge >= 0.3 is 0 Å². The van der Waals surface area contributed by atoms with Crippen molar-refractivity contribution in [3.8, 4) is 0 Å². The average Bonchev–Trinajstić information content (AvgIpc) is 2.95. The lowest BCUT2D eigenvalue weighted by Crippen LogP contribution is -2.38. The number of nitrogens with zero attached hydrogens (tertiary/aromatic N) is 4. The van der Waals surface area contributed by atoms with Crippen LogP contribution in [0.3, 0.4) is 0 Å². The predicted molar refractivity (Wildman–Crippen MR) is 75.4 cm³/mol. The summed E-state index contributed by atoms with van der Waals surface area (Å²) in [6.07, 6.45) is 7.08. The van der Waals surface area contributed by atoms with Gasteiger partial charge in [-0.2, -0.15) is 0 Å². The Hall–Kier alpha value is -2.37. The molecule has 0 saturated heterocycles. The zero-order chi connectivity index (χ0) is 13.9. The number of hydrogen-bond acceptors (Lipinski definition) is 4. The van der Waals surface area contributed by atoms with Gasteiger partial charge in [0.2, 0.25) is 0 Å². The molecule has 1 aliphatic rings. The first-order valence-corrected chi connectivity index (χ1v) is 6.76. The second kappa shape index (κ2) is 5.32. The number of carbonyl (C=O) groups is 1. The number of pyridine rings is 1. The summed E-state index contributed by atoms with van der Waals surface area (Å²) in [5, 5.41) is 3.18. The normalized spacial score (nSPS) is 13.9. The summed E-state index contributed by atoms with van der Waals surface area (Å²) in [7, 11) is 0. The summed E-state index contributed by atoms with van der Waals surface area (Å²) in [4.78, 5) is 22.8. The molecule has 0 aliphatic carbocycles. The zero-order valence-electron chi connectivity index (χ0n) is 11.4. The van der Waals surface area contributed by atoms with Gasteiger partial charge in [-0.15, -0.1) is 0 Å². The van der Waals surface area contributed by atoms with Crippen molar-refractivity contribution >= 4 is 11.6 Å². The molecule has 0 unspecified atom stereocenters. The van der Waals surface area contributed by atoms with Gasteiger partial charge in [0.25, 0.3) is 5.91 Å². The van der Waals surface area contributed by atoms with Gasteiger partial charge in [0, 0.05) is 38.2 Å². The van der Waals surface area contributed by atoms with Gasteiger partial charge in [0.05, 0.1) is 24.0 Å². The molecular weight excluding hydrogens is 254 g/mol. The molecule has 1 amide bonds. The second-order valence-corrected chi connectivity index (χ2v) is 4.72. The van der Waals surface area contributed by atoms with Crippen LogP contribution in [0, 0.1) is 0 Å². The molecular formula is C14H17N5O. The molecule has 0 radical (unpaired) electrons. The van der Waals surface area contributed by atoms with E-state index in [2.05, 4.69) is 19.9 Å². The van der Waals surface area contributed by atoms with Crippen LogP contribution < -0.4 is 5.32 Å². The largest absolute Gasteiger partial charge is 0.383 e. The highest BCUT2D eigenvalue weighted by molar-refractivity contribution is 5.99. The fraction of sp³-hybridized carbons (Fsp3) is 0.357. The van der Waals surface area contributed by atoms with Crippen LogP contribution in [0.25, 0.3) is 0 Å². The van der Waals surface area contributed by atoms with Crippen molar-refractivity contribution in [2.75, 3.05) is 18.4 Å². The van der Waals surface area contributed by atoms with E-state index in [1.165, 1.54) is 0 Å². The molecule has 0 spiro atoms. The average molecular weight is 271 g/mol. The number of anilines is 1. The quantitative estimate of drug-likeness (QED) is 0.915. The summed E-state index contributed by atoms with van der Waals surface area (Å²) in [6, 6.07) is 1.77. The van der Waals surface area contributed by atoms with Crippen molar-refractivity contribution < 1.29 is 4.79 Å². The molecule has 0 fully saturated rings. The van der Waals surface area contributed by atoms with Crippen LogP contribution in [-0.2, 0) is 13.1 Å². The molecule has 0 bridgehead atoms. The van der Waals surface area contributed by atoms with Crippen LogP contribution in [-0.4, -0.2) is 38.4 Å². The molecule has 0 aromatic carbocycles. The van der Waals surface area contributed by atoms with E-state index in [1.54, 1.807) is 24.7 Å². The maximum atomic E-state index is 12.6. The third-order valence-corrected chi connectivity index (χ3v) is 3.45. The lowest BCUT2D eigenvalue weighted by molar-refractivity contribution is 0.0708. The summed E-state index contributed by atoms with van der Waals surface area (Å²) in [5.74, 6) is 0.959. The smallest absolute Gasteiger partial charge is 0.256 e. The van der Waals surface area contributed by atoms with Crippen LogP contribution in [0.1, 0.15) is 23.1 Å². The monoisotopic (exact) mass is 271 g/mol.